The number of hydrogen-bond donors (Lipinski definition) is 0. The van der Waals surface area contributed by atoms with E-state index in [0.29, 0.717) is 5.57 Å². The van der Waals surface area contributed by atoms with Crippen LogP contribution in [0.3, 0.4) is 0 Å². The molecule has 20 heavy (non-hydrogen) atoms. The standard InChI is InChI=1S/C15H12ClFO2S/c1-11(12-5-3-2-4-6-12)10-20(18,19)15-8-7-13(17)9-14(15)16/h2-9H,1,10H2. The van der Waals surface area contributed by atoms with E-state index in [-0.39, 0.29) is 15.7 Å². The highest BCUT2D eigenvalue weighted by Crippen LogP contribution is 2.26. The predicted octanol–water partition coefficient (Wildman–Crippen LogP) is 3.97. The molecule has 0 heterocycles. The summed E-state index contributed by atoms with van der Waals surface area (Å²) in [7, 11) is -3.65. The van der Waals surface area contributed by atoms with Crippen LogP contribution in [-0.2, 0) is 9.84 Å². The second-order valence-corrected chi connectivity index (χ2v) is 6.67. The van der Waals surface area contributed by atoms with Gasteiger partial charge in [-0.2, -0.15) is 0 Å². The number of halogens is 2. The van der Waals surface area contributed by atoms with Crippen LogP contribution >= 0.6 is 11.6 Å². The van der Waals surface area contributed by atoms with Crippen LogP contribution in [0.25, 0.3) is 5.57 Å². The first-order chi connectivity index (χ1) is 9.40. The van der Waals surface area contributed by atoms with Gasteiger partial charge in [-0.15, -0.1) is 0 Å². The normalized spacial score (nSPS) is 11.3. The largest absolute Gasteiger partial charge is 0.223 e. The van der Waals surface area contributed by atoms with Gasteiger partial charge in [-0.1, -0.05) is 48.5 Å². The number of sulfone groups is 1. The van der Waals surface area contributed by atoms with Crippen molar-refractivity contribution in [3.8, 4) is 0 Å². The molecule has 2 aromatic carbocycles. The highest BCUT2D eigenvalue weighted by atomic mass is 35.5. The molecule has 2 aromatic rings. The molecule has 0 bridgehead atoms. The molecule has 0 saturated carbocycles. The Labute approximate surface area is 122 Å². The van der Waals surface area contributed by atoms with Crippen molar-refractivity contribution in [2.24, 2.45) is 0 Å². The van der Waals surface area contributed by atoms with Gasteiger partial charge in [0.1, 0.15) is 5.82 Å². The van der Waals surface area contributed by atoms with Crippen molar-refractivity contribution in [1.29, 1.82) is 0 Å². The van der Waals surface area contributed by atoms with Crippen molar-refractivity contribution in [2.45, 2.75) is 4.90 Å². The van der Waals surface area contributed by atoms with E-state index in [2.05, 4.69) is 6.58 Å². The van der Waals surface area contributed by atoms with E-state index in [1.807, 2.05) is 6.07 Å². The van der Waals surface area contributed by atoms with Gasteiger partial charge >= 0.3 is 0 Å². The Morgan fingerprint density at radius 2 is 1.80 bits per heavy atom. The average Bonchev–Trinajstić information content (AvgIpc) is 2.38. The summed E-state index contributed by atoms with van der Waals surface area (Å²) in [6.07, 6.45) is 0. The monoisotopic (exact) mass is 310 g/mol. The van der Waals surface area contributed by atoms with Crippen LogP contribution in [0.4, 0.5) is 4.39 Å². The maximum Gasteiger partial charge on any atom is 0.183 e. The first-order valence-electron chi connectivity index (χ1n) is 5.81. The lowest BCUT2D eigenvalue weighted by molar-refractivity contribution is 0.598. The summed E-state index contributed by atoms with van der Waals surface area (Å²) in [5.74, 6) is -0.835. The predicted molar refractivity (Wildman–Crippen MR) is 78.9 cm³/mol. The van der Waals surface area contributed by atoms with Crippen LogP contribution in [0, 0.1) is 5.82 Å². The summed E-state index contributed by atoms with van der Waals surface area (Å²) in [5.41, 5.74) is 1.21. The lowest BCUT2D eigenvalue weighted by Gasteiger charge is -2.09. The highest BCUT2D eigenvalue weighted by molar-refractivity contribution is 7.92. The third-order valence-electron chi connectivity index (χ3n) is 2.78. The molecule has 0 amide bonds. The molecule has 0 aromatic heterocycles. The molecule has 0 radical (unpaired) electrons. The Balaban J connectivity index is 2.30. The lowest BCUT2D eigenvalue weighted by atomic mass is 10.1. The van der Waals surface area contributed by atoms with Crippen molar-refractivity contribution < 1.29 is 12.8 Å². The summed E-state index contributed by atoms with van der Waals surface area (Å²) in [6, 6.07) is 12.2. The van der Waals surface area contributed by atoms with Crippen molar-refractivity contribution in [3.63, 3.8) is 0 Å². The van der Waals surface area contributed by atoms with E-state index in [1.54, 1.807) is 24.3 Å². The molecule has 5 heteroatoms. The number of hydrogen-bond acceptors (Lipinski definition) is 2. The van der Waals surface area contributed by atoms with Crippen LogP contribution in [0.15, 0.2) is 60.0 Å². The fraction of sp³-hybridized carbons (Fsp3) is 0.0667. The van der Waals surface area contributed by atoms with E-state index in [9.17, 15) is 12.8 Å². The molecule has 0 fully saturated rings. The summed E-state index contributed by atoms with van der Waals surface area (Å²) >= 11 is 5.79. The van der Waals surface area contributed by atoms with Crippen molar-refractivity contribution >= 4 is 27.0 Å². The van der Waals surface area contributed by atoms with Gasteiger partial charge in [-0.05, 0) is 29.3 Å². The first-order valence-corrected chi connectivity index (χ1v) is 7.84. The molecule has 2 rings (SSSR count). The Bertz CT molecular complexity index is 740. The second kappa shape index (κ2) is 5.77. The second-order valence-electron chi connectivity index (χ2n) is 4.30. The van der Waals surface area contributed by atoms with Gasteiger partial charge in [0.05, 0.1) is 15.7 Å². The zero-order valence-electron chi connectivity index (χ0n) is 10.5. The third kappa shape index (κ3) is 3.26. The summed E-state index contributed by atoms with van der Waals surface area (Å²) in [6.45, 7) is 3.79. The lowest BCUT2D eigenvalue weighted by Crippen LogP contribution is -2.09. The number of benzene rings is 2. The fourth-order valence-corrected chi connectivity index (χ4v) is 3.72. The van der Waals surface area contributed by atoms with Crippen molar-refractivity contribution in [3.05, 3.63) is 71.5 Å². The van der Waals surface area contributed by atoms with Crippen LogP contribution in [-0.4, -0.2) is 14.2 Å². The minimum Gasteiger partial charge on any atom is -0.223 e. The van der Waals surface area contributed by atoms with E-state index in [1.165, 1.54) is 6.07 Å². The molecule has 0 saturated heterocycles. The minimum atomic E-state index is -3.65. The molecule has 2 nitrogen and oxygen atoms in total. The van der Waals surface area contributed by atoms with Gasteiger partial charge in [0.15, 0.2) is 9.84 Å². The number of rotatable bonds is 4. The van der Waals surface area contributed by atoms with Crippen LogP contribution in [0.2, 0.25) is 5.02 Å². The minimum absolute atomic E-state index is 0.0855. The van der Waals surface area contributed by atoms with Crippen molar-refractivity contribution in [1.82, 2.24) is 0 Å². The van der Waals surface area contributed by atoms with Crippen molar-refractivity contribution in [2.75, 3.05) is 5.75 Å². The summed E-state index contributed by atoms with van der Waals surface area (Å²) < 4.78 is 37.5. The van der Waals surface area contributed by atoms with Crippen LogP contribution in [0.1, 0.15) is 5.56 Å². The zero-order valence-corrected chi connectivity index (χ0v) is 12.1. The van der Waals surface area contributed by atoms with E-state index in [4.69, 9.17) is 11.6 Å². The smallest absolute Gasteiger partial charge is 0.183 e. The van der Waals surface area contributed by atoms with E-state index >= 15 is 0 Å². The SMILES string of the molecule is C=C(CS(=O)(=O)c1ccc(F)cc1Cl)c1ccccc1. The van der Waals surface area contributed by atoms with Gasteiger partial charge in [0, 0.05) is 0 Å². The van der Waals surface area contributed by atoms with Crippen LogP contribution in [0.5, 0.6) is 0 Å². The fourth-order valence-electron chi connectivity index (χ4n) is 1.79. The Hall–Kier alpha value is -1.65. The maximum atomic E-state index is 13.0. The Morgan fingerprint density at radius 1 is 1.15 bits per heavy atom. The highest BCUT2D eigenvalue weighted by Gasteiger charge is 2.20. The molecule has 0 unspecified atom stereocenters. The molecule has 0 atom stereocenters. The molecular formula is C15H12ClFO2S. The van der Waals surface area contributed by atoms with Crippen LogP contribution < -0.4 is 0 Å². The first kappa shape index (κ1) is 14.8. The molecule has 0 spiro atoms. The van der Waals surface area contributed by atoms with Gasteiger partial charge < -0.3 is 0 Å². The molecule has 0 aliphatic heterocycles. The van der Waals surface area contributed by atoms with Gasteiger partial charge in [0.25, 0.3) is 0 Å². The Kier molecular flexibility index (Phi) is 4.26. The molecule has 0 N–H and O–H groups in total. The summed E-state index contributed by atoms with van der Waals surface area (Å²) in [5, 5.41) is -0.120. The van der Waals surface area contributed by atoms with E-state index < -0.39 is 15.7 Å². The van der Waals surface area contributed by atoms with Gasteiger partial charge in [-0.3, -0.25) is 0 Å². The molecule has 104 valence electrons. The molecule has 0 aliphatic rings. The Morgan fingerprint density at radius 3 is 2.40 bits per heavy atom. The quantitative estimate of drug-likeness (QED) is 0.801. The maximum absolute atomic E-state index is 13.0. The zero-order chi connectivity index (χ0) is 14.8. The van der Waals surface area contributed by atoms with Gasteiger partial charge in [-0.25, -0.2) is 12.8 Å². The summed E-state index contributed by atoms with van der Waals surface area (Å²) in [4.78, 5) is -0.0855. The van der Waals surface area contributed by atoms with E-state index in [0.717, 1.165) is 17.7 Å². The third-order valence-corrected chi connectivity index (χ3v) is 4.95. The average molecular weight is 311 g/mol. The molecular weight excluding hydrogens is 299 g/mol. The van der Waals surface area contributed by atoms with Gasteiger partial charge in [0.2, 0.25) is 0 Å². The topological polar surface area (TPSA) is 34.1 Å². The molecule has 0 aliphatic carbocycles.